The molecule has 1 aliphatic heterocycles. The van der Waals surface area contributed by atoms with Crippen LogP contribution in [0.2, 0.25) is 0 Å². The lowest BCUT2D eigenvalue weighted by Crippen LogP contribution is -2.24. The molecular formula is C15H26O. The fourth-order valence-corrected chi connectivity index (χ4v) is 1.77. The van der Waals surface area contributed by atoms with Crippen molar-refractivity contribution < 1.29 is 4.74 Å². The summed E-state index contributed by atoms with van der Waals surface area (Å²) in [6.07, 6.45) is 1.03. The Hall–Kier alpha value is -0.980. The molecule has 0 saturated carbocycles. The van der Waals surface area contributed by atoms with E-state index in [1.165, 1.54) is 11.1 Å². The van der Waals surface area contributed by atoms with Crippen molar-refractivity contribution in [3.63, 3.8) is 0 Å². The predicted molar refractivity (Wildman–Crippen MR) is 72.3 cm³/mol. The Morgan fingerprint density at radius 1 is 1.06 bits per heavy atom. The summed E-state index contributed by atoms with van der Waals surface area (Å²) in [6.45, 7) is 14.4. The highest BCUT2D eigenvalue weighted by Crippen LogP contribution is 2.36. The Morgan fingerprint density at radius 2 is 1.62 bits per heavy atom. The summed E-state index contributed by atoms with van der Waals surface area (Å²) in [5.74, 6) is 1.10. The van der Waals surface area contributed by atoms with Crippen LogP contribution in [0.25, 0.3) is 0 Å². The largest absolute Gasteiger partial charge is 0.487 e. The van der Waals surface area contributed by atoms with Crippen molar-refractivity contribution in [1.29, 1.82) is 0 Å². The zero-order valence-electron chi connectivity index (χ0n) is 11.8. The average molecular weight is 222 g/mol. The molecule has 92 valence electrons. The molecule has 1 nitrogen and oxygen atoms in total. The van der Waals surface area contributed by atoms with Crippen LogP contribution < -0.4 is 4.74 Å². The zero-order chi connectivity index (χ0) is 12.8. The monoisotopic (exact) mass is 222 g/mol. The molecule has 0 amide bonds. The molecule has 0 fully saturated rings. The van der Waals surface area contributed by atoms with E-state index in [1.54, 1.807) is 0 Å². The maximum absolute atomic E-state index is 5.83. The third kappa shape index (κ3) is 3.55. The third-order valence-electron chi connectivity index (χ3n) is 2.29. The van der Waals surface area contributed by atoms with Crippen LogP contribution in [0.15, 0.2) is 18.2 Å². The van der Waals surface area contributed by atoms with E-state index in [-0.39, 0.29) is 5.60 Å². The molecule has 0 radical (unpaired) electrons. The molecular weight excluding hydrogens is 196 g/mol. The van der Waals surface area contributed by atoms with E-state index in [0.717, 1.165) is 12.2 Å². The molecule has 0 N–H and O–H groups in total. The van der Waals surface area contributed by atoms with Crippen molar-refractivity contribution >= 4 is 0 Å². The van der Waals surface area contributed by atoms with Gasteiger partial charge in [0.15, 0.2) is 0 Å². The van der Waals surface area contributed by atoms with Crippen molar-refractivity contribution in [1.82, 2.24) is 0 Å². The van der Waals surface area contributed by atoms with Crippen LogP contribution in [0.4, 0.5) is 0 Å². The molecule has 1 heterocycles. The minimum absolute atomic E-state index is 0.00551. The van der Waals surface area contributed by atoms with Gasteiger partial charge in [-0.05, 0) is 31.9 Å². The van der Waals surface area contributed by atoms with Gasteiger partial charge in [0.1, 0.15) is 11.4 Å². The quantitative estimate of drug-likeness (QED) is 0.615. The van der Waals surface area contributed by atoms with Crippen LogP contribution in [0, 0.1) is 6.92 Å². The molecule has 0 saturated heterocycles. The smallest absolute Gasteiger partial charge is 0.126 e. The second-order valence-electron chi connectivity index (χ2n) is 4.10. The Morgan fingerprint density at radius 3 is 2.12 bits per heavy atom. The van der Waals surface area contributed by atoms with Gasteiger partial charge in [-0.25, -0.2) is 0 Å². The van der Waals surface area contributed by atoms with Gasteiger partial charge >= 0.3 is 0 Å². The van der Waals surface area contributed by atoms with Gasteiger partial charge in [-0.15, -0.1) is 0 Å². The highest BCUT2D eigenvalue weighted by Gasteiger charge is 2.30. The third-order valence-corrected chi connectivity index (χ3v) is 2.29. The molecule has 1 aliphatic rings. The number of rotatable bonds is 0. The lowest BCUT2D eigenvalue weighted by atomic mass is 10.0. The highest BCUT2D eigenvalue weighted by atomic mass is 16.5. The highest BCUT2D eigenvalue weighted by molar-refractivity contribution is 5.44. The van der Waals surface area contributed by atoms with Gasteiger partial charge in [-0.3, -0.25) is 0 Å². The minimum atomic E-state index is -0.00551. The number of hydrogen-bond donors (Lipinski definition) is 0. The number of ether oxygens (including phenoxy) is 1. The maximum atomic E-state index is 5.83. The molecule has 1 aromatic rings. The summed E-state index contributed by atoms with van der Waals surface area (Å²) in [6, 6.07) is 6.34. The van der Waals surface area contributed by atoms with Crippen LogP contribution >= 0.6 is 0 Å². The number of hydrogen-bond acceptors (Lipinski definition) is 1. The first-order chi connectivity index (χ1) is 7.58. The SMILES string of the molecule is CC.CC.Cc1cccc2c1OC(C)(C)C2. The summed E-state index contributed by atoms with van der Waals surface area (Å²) >= 11 is 0. The number of fused-ring (bicyclic) bond motifs is 1. The molecule has 0 unspecified atom stereocenters. The van der Waals surface area contributed by atoms with Crippen molar-refractivity contribution in [3.8, 4) is 5.75 Å². The van der Waals surface area contributed by atoms with Crippen LogP contribution in [-0.2, 0) is 6.42 Å². The molecule has 2 rings (SSSR count). The lowest BCUT2D eigenvalue weighted by molar-refractivity contribution is 0.137. The number of para-hydroxylation sites is 1. The van der Waals surface area contributed by atoms with E-state index >= 15 is 0 Å². The normalized spacial score (nSPS) is 14.7. The summed E-state index contributed by atoms with van der Waals surface area (Å²) < 4.78 is 5.83. The lowest BCUT2D eigenvalue weighted by Gasteiger charge is -2.17. The van der Waals surface area contributed by atoms with Crippen LogP contribution in [0.5, 0.6) is 5.75 Å². The van der Waals surface area contributed by atoms with Crippen LogP contribution in [0.1, 0.15) is 52.7 Å². The van der Waals surface area contributed by atoms with Crippen molar-refractivity contribution in [2.24, 2.45) is 0 Å². The molecule has 0 atom stereocenters. The second-order valence-corrected chi connectivity index (χ2v) is 4.10. The summed E-state index contributed by atoms with van der Waals surface area (Å²) in [4.78, 5) is 0. The molecule has 0 bridgehead atoms. The summed E-state index contributed by atoms with van der Waals surface area (Å²) in [5.41, 5.74) is 2.59. The van der Waals surface area contributed by atoms with Gasteiger partial charge in [0.2, 0.25) is 0 Å². The van der Waals surface area contributed by atoms with E-state index < -0.39 is 0 Å². The van der Waals surface area contributed by atoms with Gasteiger partial charge < -0.3 is 4.74 Å². The summed E-state index contributed by atoms with van der Waals surface area (Å²) in [7, 11) is 0. The van der Waals surface area contributed by atoms with Crippen LogP contribution in [0.3, 0.4) is 0 Å². The van der Waals surface area contributed by atoms with E-state index in [9.17, 15) is 0 Å². The van der Waals surface area contributed by atoms with E-state index in [0.29, 0.717) is 0 Å². The molecule has 0 aromatic heterocycles. The number of benzene rings is 1. The molecule has 0 aliphatic carbocycles. The first kappa shape index (κ1) is 15.0. The zero-order valence-corrected chi connectivity index (χ0v) is 11.8. The molecule has 16 heavy (non-hydrogen) atoms. The van der Waals surface area contributed by atoms with Crippen molar-refractivity contribution in [2.45, 2.75) is 60.5 Å². The molecule has 0 spiro atoms. The fourth-order valence-electron chi connectivity index (χ4n) is 1.77. The fraction of sp³-hybridized carbons (Fsp3) is 0.600. The van der Waals surface area contributed by atoms with Crippen LogP contribution in [-0.4, -0.2) is 5.60 Å². The van der Waals surface area contributed by atoms with E-state index in [4.69, 9.17) is 4.74 Å². The van der Waals surface area contributed by atoms with Crippen molar-refractivity contribution in [3.05, 3.63) is 29.3 Å². The Labute approximate surface area is 101 Å². The Kier molecular flexibility index (Phi) is 6.17. The first-order valence-electron chi connectivity index (χ1n) is 6.36. The van der Waals surface area contributed by atoms with Gasteiger partial charge in [0.05, 0.1) is 0 Å². The molecule has 1 aromatic carbocycles. The predicted octanol–water partition coefficient (Wildman–Crippen LogP) is 4.76. The topological polar surface area (TPSA) is 9.23 Å². The summed E-state index contributed by atoms with van der Waals surface area (Å²) in [5, 5.41) is 0. The maximum Gasteiger partial charge on any atom is 0.126 e. The van der Waals surface area contributed by atoms with E-state index in [2.05, 4.69) is 39.0 Å². The van der Waals surface area contributed by atoms with Gasteiger partial charge in [0, 0.05) is 6.42 Å². The standard InChI is InChI=1S/C11H14O.2C2H6/c1-8-5-4-6-9-7-11(2,3)12-10(8)9;2*1-2/h4-6H,7H2,1-3H3;2*1-2H3. The minimum Gasteiger partial charge on any atom is -0.487 e. The van der Waals surface area contributed by atoms with E-state index in [1.807, 2.05) is 27.7 Å². The molecule has 1 heteroatoms. The Bertz CT molecular complexity index is 313. The second kappa shape index (κ2) is 6.57. The van der Waals surface area contributed by atoms with Gasteiger partial charge in [0.25, 0.3) is 0 Å². The average Bonchev–Trinajstić information content (AvgIpc) is 2.60. The number of aryl methyl sites for hydroxylation is 1. The first-order valence-corrected chi connectivity index (χ1v) is 6.36. The van der Waals surface area contributed by atoms with Crippen molar-refractivity contribution in [2.75, 3.05) is 0 Å². The Balaban J connectivity index is 0.000000509. The van der Waals surface area contributed by atoms with Gasteiger partial charge in [-0.1, -0.05) is 45.9 Å². The van der Waals surface area contributed by atoms with Gasteiger partial charge in [-0.2, -0.15) is 0 Å².